The average molecular weight is 327 g/mol. The third-order valence-electron chi connectivity index (χ3n) is 3.63. The average Bonchev–Trinajstić information content (AvgIpc) is 2.79. The van der Waals surface area contributed by atoms with E-state index in [0.717, 1.165) is 13.0 Å². The van der Waals surface area contributed by atoms with Gasteiger partial charge in [-0.3, -0.25) is 0 Å². The Balaban J connectivity index is 2.13. The molecule has 21 heavy (non-hydrogen) atoms. The molecule has 1 aliphatic rings. The molecule has 1 unspecified atom stereocenters. The first kappa shape index (κ1) is 17.3. The Morgan fingerprint density at radius 1 is 1.29 bits per heavy atom. The van der Waals surface area contributed by atoms with Gasteiger partial charge in [0.15, 0.2) is 0 Å². The number of hydrogen-bond donors (Lipinski definition) is 1. The molecule has 0 radical (unpaired) electrons. The lowest BCUT2D eigenvalue weighted by Crippen LogP contribution is -2.35. The lowest BCUT2D eigenvalue weighted by Gasteiger charge is -2.20. The molecule has 0 bridgehead atoms. The van der Waals surface area contributed by atoms with Crippen LogP contribution in [0, 0.1) is 5.92 Å². The van der Waals surface area contributed by atoms with E-state index in [1.54, 1.807) is 0 Å². The van der Waals surface area contributed by atoms with Crippen molar-refractivity contribution in [3.63, 3.8) is 0 Å². The number of thioether (sulfide) groups is 1. The van der Waals surface area contributed by atoms with Gasteiger partial charge < -0.3 is 5.32 Å². The van der Waals surface area contributed by atoms with Gasteiger partial charge in [0.05, 0.1) is 10.9 Å². The van der Waals surface area contributed by atoms with Crippen LogP contribution in [0.3, 0.4) is 0 Å². The molecule has 1 aromatic rings. The third-order valence-corrected chi connectivity index (χ3v) is 6.38. The number of nitrogens with zero attached hydrogens (tertiary/aromatic N) is 1. The van der Waals surface area contributed by atoms with Gasteiger partial charge in [0.25, 0.3) is 0 Å². The molecule has 120 valence electrons. The molecule has 0 aromatic carbocycles. The molecule has 1 aromatic heterocycles. The minimum atomic E-state index is 0.166. The van der Waals surface area contributed by atoms with Crippen molar-refractivity contribution in [2.75, 3.05) is 5.75 Å². The minimum absolute atomic E-state index is 0.166. The number of rotatable bonds is 5. The van der Waals surface area contributed by atoms with E-state index >= 15 is 0 Å². The minimum Gasteiger partial charge on any atom is -0.307 e. The molecule has 0 saturated carbocycles. The first-order valence-corrected chi connectivity index (χ1v) is 10.1. The van der Waals surface area contributed by atoms with Crippen LogP contribution >= 0.6 is 23.1 Å². The molecule has 0 amide bonds. The Hall–Kier alpha value is -0.0600. The molecule has 1 atom stereocenters. The highest BCUT2D eigenvalue weighted by Gasteiger charge is 2.22. The standard InChI is InChI=1S/C17H30N2S2/c1-12(2)10-13-15(11-18-17(3,4)5)21-16(19-13)14-8-6-7-9-20-14/h12,14,18H,6-11H2,1-5H3. The van der Waals surface area contributed by atoms with E-state index in [1.165, 1.54) is 40.6 Å². The van der Waals surface area contributed by atoms with Crippen LogP contribution in [-0.2, 0) is 13.0 Å². The van der Waals surface area contributed by atoms with E-state index in [0.29, 0.717) is 11.2 Å². The summed E-state index contributed by atoms with van der Waals surface area (Å²) in [6.07, 6.45) is 5.16. The first-order valence-electron chi connectivity index (χ1n) is 8.20. The summed E-state index contributed by atoms with van der Waals surface area (Å²) in [7, 11) is 0. The van der Waals surface area contributed by atoms with Gasteiger partial charge in [0, 0.05) is 17.0 Å². The van der Waals surface area contributed by atoms with Crippen LogP contribution in [0.2, 0.25) is 0 Å². The fourth-order valence-corrected chi connectivity index (χ4v) is 5.09. The predicted molar refractivity (Wildman–Crippen MR) is 96.3 cm³/mol. The molecule has 0 aliphatic carbocycles. The highest BCUT2D eigenvalue weighted by molar-refractivity contribution is 7.99. The van der Waals surface area contributed by atoms with Gasteiger partial charge in [0.2, 0.25) is 0 Å². The van der Waals surface area contributed by atoms with E-state index in [4.69, 9.17) is 4.98 Å². The zero-order valence-electron chi connectivity index (χ0n) is 14.2. The van der Waals surface area contributed by atoms with Gasteiger partial charge in [-0.15, -0.1) is 11.3 Å². The lowest BCUT2D eigenvalue weighted by molar-refractivity contribution is 0.425. The summed E-state index contributed by atoms with van der Waals surface area (Å²) < 4.78 is 0. The van der Waals surface area contributed by atoms with Crippen molar-refractivity contribution in [3.05, 3.63) is 15.6 Å². The summed E-state index contributed by atoms with van der Waals surface area (Å²) in [4.78, 5) is 6.49. The van der Waals surface area contributed by atoms with E-state index < -0.39 is 0 Å². The van der Waals surface area contributed by atoms with E-state index in [2.05, 4.69) is 51.7 Å². The van der Waals surface area contributed by atoms with Crippen LogP contribution in [0.25, 0.3) is 0 Å². The molecule has 1 aliphatic heterocycles. The zero-order valence-corrected chi connectivity index (χ0v) is 15.8. The topological polar surface area (TPSA) is 24.9 Å². The second kappa shape index (κ2) is 7.47. The van der Waals surface area contributed by atoms with Crippen LogP contribution in [0.15, 0.2) is 0 Å². The molecule has 2 rings (SSSR count). The van der Waals surface area contributed by atoms with Gasteiger partial charge in [-0.2, -0.15) is 11.8 Å². The van der Waals surface area contributed by atoms with E-state index in [9.17, 15) is 0 Å². The van der Waals surface area contributed by atoms with Crippen molar-refractivity contribution in [1.82, 2.24) is 10.3 Å². The number of aromatic nitrogens is 1. The highest BCUT2D eigenvalue weighted by Crippen LogP contribution is 2.41. The molecule has 1 N–H and O–H groups in total. The van der Waals surface area contributed by atoms with Crippen molar-refractivity contribution in [2.45, 2.75) is 77.6 Å². The van der Waals surface area contributed by atoms with Gasteiger partial charge in [-0.25, -0.2) is 4.98 Å². The third kappa shape index (κ3) is 5.57. The van der Waals surface area contributed by atoms with E-state index in [1.807, 2.05) is 11.3 Å². The van der Waals surface area contributed by atoms with Crippen LogP contribution in [0.5, 0.6) is 0 Å². The molecule has 2 heterocycles. The summed E-state index contributed by atoms with van der Waals surface area (Å²) in [5.74, 6) is 1.98. The smallest absolute Gasteiger partial charge is 0.106 e. The monoisotopic (exact) mass is 326 g/mol. The molecular formula is C17H30N2S2. The molecule has 2 nitrogen and oxygen atoms in total. The number of nitrogens with one attached hydrogen (secondary N) is 1. The Kier molecular flexibility index (Phi) is 6.15. The Morgan fingerprint density at radius 2 is 2.05 bits per heavy atom. The molecule has 1 saturated heterocycles. The quantitative estimate of drug-likeness (QED) is 0.806. The zero-order chi connectivity index (χ0) is 15.5. The number of hydrogen-bond acceptors (Lipinski definition) is 4. The second-order valence-electron chi connectivity index (χ2n) is 7.48. The van der Waals surface area contributed by atoms with Gasteiger partial charge in [-0.1, -0.05) is 20.3 Å². The molecule has 0 spiro atoms. The van der Waals surface area contributed by atoms with Crippen molar-refractivity contribution in [3.8, 4) is 0 Å². The van der Waals surface area contributed by atoms with Crippen molar-refractivity contribution < 1.29 is 0 Å². The second-order valence-corrected chi connectivity index (χ2v) is 9.90. The normalized spacial score (nSPS) is 20.2. The van der Waals surface area contributed by atoms with Crippen molar-refractivity contribution >= 4 is 23.1 Å². The van der Waals surface area contributed by atoms with Crippen LogP contribution in [0.1, 0.15) is 74.7 Å². The Bertz CT molecular complexity index is 440. The summed E-state index contributed by atoms with van der Waals surface area (Å²) in [5, 5.41) is 5.66. The highest BCUT2D eigenvalue weighted by atomic mass is 32.2. The lowest BCUT2D eigenvalue weighted by atomic mass is 10.1. The SMILES string of the molecule is CC(C)Cc1nc(C2CCCCS2)sc1CNC(C)(C)C. The van der Waals surface area contributed by atoms with Crippen LogP contribution in [-0.4, -0.2) is 16.3 Å². The summed E-state index contributed by atoms with van der Waals surface area (Å²) in [6.45, 7) is 12.2. The predicted octanol–water partition coefficient (Wildman–Crippen LogP) is 5.19. The summed E-state index contributed by atoms with van der Waals surface area (Å²) in [5.41, 5.74) is 1.51. The summed E-state index contributed by atoms with van der Waals surface area (Å²) >= 11 is 4.06. The molecular weight excluding hydrogens is 296 g/mol. The van der Waals surface area contributed by atoms with Crippen LogP contribution in [0.4, 0.5) is 0 Å². The fraction of sp³-hybridized carbons (Fsp3) is 0.824. The molecule has 4 heteroatoms. The Morgan fingerprint density at radius 3 is 2.62 bits per heavy atom. The van der Waals surface area contributed by atoms with Gasteiger partial charge in [0.1, 0.15) is 5.01 Å². The maximum absolute atomic E-state index is 5.03. The van der Waals surface area contributed by atoms with Gasteiger partial charge in [-0.05, 0) is 51.7 Å². The van der Waals surface area contributed by atoms with Crippen LogP contribution < -0.4 is 5.32 Å². The van der Waals surface area contributed by atoms with E-state index in [-0.39, 0.29) is 5.54 Å². The molecule has 1 fully saturated rings. The van der Waals surface area contributed by atoms with Crippen molar-refractivity contribution in [2.24, 2.45) is 5.92 Å². The maximum atomic E-state index is 5.03. The maximum Gasteiger partial charge on any atom is 0.106 e. The van der Waals surface area contributed by atoms with Crippen molar-refractivity contribution in [1.29, 1.82) is 0 Å². The Labute approximate surface area is 138 Å². The first-order chi connectivity index (χ1) is 9.85. The summed E-state index contributed by atoms with van der Waals surface area (Å²) in [6, 6.07) is 0. The fourth-order valence-electron chi connectivity index (χ4n) is 2.51. The number of thiazole rings is 1. The largest absolute Gasteiger partial charge is 0.307 e. The van der Waals surface area contributed by atoms with Gasteiger partial charge >= 0.3 is 0 Å².